The maximum atomic E-state index is 11.7. The lowest BCUT2D eigenvalue weighted by molar-refractivity contribution is -0.126. The minimum absolute atomic E-state index is 0.162. The van der Waals surface area contributed by atoms with Gasteiger partial charge in [-0.05, 0) is 30.9 Å². The van der Waals surface area contributed by atoms with Gasteiger partial charge in [0.05, 0.1) is 5.54 Å². The largest absolute Gasteiger partial charge is 0.336 e. The maximum absolute atomic E-state index is 11.7. The molecule has 1 amide bonds. The van der Waals surface area contributed by atoms with Crippen LogP contribution in [0, 0.1) is 0 Å². The Hall–Kier alpha value is -2.13. The van der Waals surface area contributed by atoms with E-state index in [1.54, 1.807) is 0 Å². The zero-order valence-corrected chi connectivity index (χ0v) is 14.4. The molecule has 0 bridgehead atoms. The molecule has 0 unspecified atom stereocenters. The summed E-state index contributed by atoms with van der Waals surface area (Å²) in [5, 5.41) is 0. The van der Waals surface area contributed by atoms with E-state index in [1.807, 2.05) is 11.0 Å². The molecule has 2 aromatic rings. The SMILES string of the molecule is CCN(C=O)C1(c2ccccc2)CCN(Cc2ccccc2)CC1. The second-order valence-electron chi connectivity index (χ2n) is 6.55. The molecule has 1 heterocycles. The van der Waals surface area contributed by atoms with Gasteiger partial charge in [0.25, 0.3) is 0 Å². The third-order valence-electron chi connectivity index (χ3n) is 5.26. The quantitative estimate of drug-likeness (QED) is 0.758. The molecule has 126 valence electrons. The van der Waals surface area contributed by atoms with Gasteiger partial charge < -0.3 is 4.90 Å². The molecular formula is C21H26N2O. The van der Waals surface area contributed by atoms with Gasteiger partial charge in [-0.25, -0.2) is 0 Å². The molecule has 1 fully saturated rings. The molecule has 3 heteroatoms. The number of likely N-dealkylation sites (tertiary alicyclic amines) is 1. The monoisotopic (exact) mass is 322 g/mol. The summed E-state index contributed by atoms with van der Waals surface area (Å²) >= 11 is 0. The number of amides is 1. The van der Waals surface area contributed by atoms with Crippen molar-refractivity contribution in [3.63, 3.8) is 0 Å². The highest BCUT2D eigenvalue weighted by molar-refractivity contribution is 5.51. The van der Waals surface area contributed by atoms with Crippen molar-refractivity contribution in [1.82, 2.24) is 9.80 Å². The van der Waals surface area contributed by atoms with Gasteiger partial charge in [-0.3, -0.25) is 9.69 Å². The lowest BCUT2D eigenvalue weighted by atomic mass is 9.79. The fourth-order valence-electron chi connectivity index (χ4n) is 3.89. The number of carbonyl (C=O) groups excluding carboxylic acids is 1. The van der Waals surface area contributed by atoms with Crippen LogP contribution in [0.5, 0.6) is 0 Å². The first kappa shape index (κ1) is 16.7. The first-order valence-electron chi connectivity index (χ1n) is 8.82. The number of carbonyl (C=O) groups is 1. The molecule has 1 saturated heterocycles. The Balaban J connectivity index is 1.77. The van der Waals surface area contributed by atoms with Gasteiger partial charge in [-0.1, -0.05) is 60.7 Å². The molecule has 0 aromatic heterocycles. The van der Waals surface area contributed by atoms with Crippen molar-refractivity contribution in [2.45, 2.75) is 31.8 Å². The summed E-state index contributed by atoms with van der Waals surface area (Å²) in [5.41, 5.74) is 2.45. The second kappa shape index (κ2) is 7.63. The van der Waals surface area contributed by atoms with E-state index in [-0.39, 0.29) is 5.54 Å². The van der Waals surface area contributed by atoms with Gasteiger partial charge in [-0.2, -0.15) is 0 Å². The van der Waals surface area contributed by atoms with E-state index in [0.717, 1.165) is 45.4 Å². The molecule has 1 aliphatic heterocycles. The Morgan fingerprint density at radius 3 is 2.12 bits per heavy atom. The van der Waals surface area contributed by atoms with Crippen molar-refractivity contribution in [2.75, 3.05) is 19.6 Å². The Kier molecular flexibility index (Phi) is 5.31. The zero-order chi connectivity index (χ0) is 16.8. The number of rotatable bonds is 6. The lowest BCUT2D eigenvalue weighted by Crippen LogP contribution is -2.52. The number of hydrogen-bond donors (Lipinski definition) is 0. The normalized spacial score (nSPS) is 17.4. The molecule has 2 aromatic carbocycles. The van der Waals surface area contributed by atoms with Gasteiger partial charge in [0.2, 0.25) is 6.41 Å². The number of benzene rings is 2. The first-order chi connectivity index (χ1) is 11.8. The van der Waals surface area contributed by atoms with Crippen LogP contribution in [0.15, 0.2) is 60.7 Å². The summed E-state index contributed by atoms with van der Waals surface area (Å²) in [4.78, 5) is 16.2. The van der Waals surface area contributed by atoms with Crippen LogP contribution in [0.25, 0.3) is 0 Å². The minimum atomic E-state index is -0.162. The predicted molar refractivity (Wildman–Crippen MR) is 97.5 cm³/mol. The summed E-state index contributed by atoms with van der Waals surface area (Å²) in [6, 6.07) is 21.1. The fraction of sp³-hybridized carbons (Fsp3) is 0.381. The molecule has 0 atom stereocenters. The third-order valence-corrected chi connectivity index (χ3v) is 5.26. The van der Waals surface area contributed by atoms with Gasteiger partial charge in [0, 0.05) is 26.2 Å². The molecule has 24 heavy (non-hydrogen) atoms. The minimum Gasteiger partial charge on any atom is -0.336 e. The average molecular weight is 322 g/mol. The van der Waals surface area contributed by atoms with Crippen molar-refractivity contribution in [2.24, 2.45) is 0 Å². The summed E-state index contributed by atoms with van der Waals surface area (Å²) in [6.45, 7) is 5.81. The highest BCUT2D eigenvalue weighted by Gasteiger charge is 2.40. The smallest absolute Gasteiger partial charge is 0.210 e. The molecule has 1 aliphatic rings. The van der Waals surface area contributed by atoms with Crippen LogP contribution in [-0.2, 0) is 16.9 Å². The molecular weight excluding hydrogens is 296 g/mol. The average Bonchev–Trinajstić information content (AvgIpc) is 2.66. The molecule has 0 N–H and O–H groups in total. The zero-order valence-electron chi connectivity index (χ0n) is 14.4. The van der Waals surface area contributed by atoms with Crippen molar-refractivity contribution in [1.29, 1.82) is 0 Å². The molecule has 3 rings (SSSR count). The molecule has 0 spiro atoms. The first-order valence-corrected chi connectivity index (χ1v) is 8.82. The van der Waals surface area contributed by atoms with E-state index < -0.39 is 0 Å². The summed E-state index contributed by atoms with van der Waals surface area (Å²) in [7, 11) is 0. The van der Waals surface area contributed by atoms with Gasteiger partial charge in [-0.15, -0.1) is 0 Å². The van der Waals surface area contributed by atoms with Crippen LogP contribution >= 0.6 is 0 Å². The van der Waals surface area contributed by atoms with Crippen LogP contribution in [0.2, 0.25) is 0 Å². The number of hydrogen-bond acceptors (Lipinski definition) is 2. The van der Waals surface area contributed by atoms with Gasteiger partial charge in [0.15, 0.2) is 0 Å². The fourth-order valence-corrected chi connectivity index (χ4v) is 3.89. The molecule has 0 radical (unpaired) electrons. The maximum Gasteiger partial charge on any atom is 0.210 e. The van der Waals surface area contributed by atoms with Crippen molar-refractivity contribution < 1.29 is 4.79 Å². The highest BCUT2D eigenvalue weighted by atomic mass is 16.1. The molecule has 0 saturated carbocycles. The summed E-state index contributed by atoms with van der Waals surface area (Å²) < 4.78 is 0. The summed E-state index contributed by atoms with van der Waals surface area (Å²) in [5.74, 6) is 0. The highest BCUT2D eigenvalue weighted by Crippen LogP contribution is 2.38. The number of piperidine rings is 1. The summed E-state index contributed by atoms with van der Waals surface area (Å²) in [6.07, 6.45) is 2.99. The molecule has 3 nitrogen and oxygen atoms in total. The van der Waals surface area contributed by atoms with E-state index in [9.17, 15) is 4.79 Å². The van der Waals surface area contributed by atoms with Gasteiger partial charge >= 0.3 is 0 Å². The second-order valence-corrected chi connectivity index (χ2v) is 6.55. The van der Waals surface area contributed by atoms with Crippen LogP contribution < -0.4 is 0 Å². The van der Waals surface area contributed by atoms with E-state index in [1.165, 1.54) is 11.1 Å². The van der Waals surface area contributed by atoms with E-state index >= 15 is 0 Å². The predicted octanol–water partition coefficient (Wildman–Crippen LogP) is 3.66. The van der Waals surface area contributed by atoms with E-state index in [0.29, 0.717) is 0 Å². The van der Waals surface area contributed by atoms with E-state index in [2.05, 4.69) is 66.4 Å². The third kappa shape index (κ3) is 3.36. The van der Waals surface area contributed by atoms with Gasteiger partial charge in [0.1, 0.15) is 0 Å². The standard InChI is InChI=1S/C21H26N2O/c1-2-23(18-24)21(20-11-7-4-8-12-20)13-15-22(16-14-21)17-19-9-5-3-6-10-19/h3-12,18H,2,13-17H2,1H3. The van der Waals surface area contributed by atoms with Crippen LogP contribution in [-0.4, -0.2) is 35.8 Å². The Morgan fingerprint density at radius 1 is 1.00 bits per heavy atom. The molecule has 0 aliphatic carbocycles. The van der Waals surface area contributed by atoms with Crippen molar-refractivity contribution >= 4 is 6.41 Å². The Bertz CT molecular complexity index is 633. The topological polar surface area (TPSA) is 23.6 Å². The van der Waals surface area contributed by atoms with Crippen molar-refractivity contribution in [3.05, 3.63) is 71.8 Å². The van der Waals surface area contributed by atoms with Crippen LogP contribution in [0.3, 0.4) is 0 Å². The number of nitrogens with zero attached hydrogens (tertiary/aromatic N) is 2. The van der Waals surface area contributed by atoms with Crippen molar-refractivity contribution in [3.8, 4) is 0 Å². The van der Waals surface area contributed by atoms with Crippen LogP contribution in [0.4, 0.5) is 0 Å². The Morgan fingerprint density at radius 2 is 1.58 bits per heavy atom. The lowest BCUT2D eigenvalue weighted by Gasteiger charge is -2.47. The Labute approximate surface area is 144 Å². The van der Waals surface area contributed by atoms with E-state index in [4.69, 9.17) is 0 Å². The van der Waals surface area contributed by atoms with Crippen LogP contribution in [0.1, 0.15) is 30.9 Å².